The molecule has 3 rings (SSSR count). The summed E-state index contributed by atoms with van der Waals surface area (Å²) in [6.45, 7) is 0. The quantitative estimate of drug-likeness (QED) is 0.641. The summed E-state index contributed by atoms with van der Waals surface area (Å²) in [4.78, 5) is 11.1. The fourth-order valence-corrected chi connectivity index (χ4v) is 2.35. The molecule has 124 valence electrons. The van der Waals surface area contributed by atoms with Crippen LogP contribution in [0.15, 0.2) is 46.9 Å². The number of hydrogen-bond donors (Lipinski definition) is 0. The molecule has 1 aromatic heterocycles. The van der Waals surface area contributed by atoms with Gasteiger partial charge in [-0.2, -0.15) is 0 Å². The predicted octanol–water partition coefficient (Wildman–Crippen LogP) is 4.82. The molecule has 0 fully saturated rings. The summed E-state index contributed by atoms with van der Waals surface area (Å²) in [5.74, 6) is 0.531. The van der Waals surface area contributed by atoms with Crippen LogP contribution in [0.3, 0.4) is 0 Å². The molecule has 0 atom stereocenters. The van der Waals surface area contributed by atoms with Crippen molar-refractivity contribution in [2.45, 2.75) is 6.36 Å². The molecule has 1 heterocycles. The molecule has 0 N–H and O–H groups in total. The van der Waals surface area contributed by atoms with Gasteiger partial charge in [0.15, 0.2) is 17.6 Å². The van der Waals surface area contributed by atoms with Gasteiger partial charge in [0.05, 0.1) is 7.11 Å². The molecule has 0 saturated carbocycles. The Morgan fingerprint density at radius 2 is 1.79 bits per heavy atom. The first kappa shape index (κ1) is 15.9. The van der Waals surface area contributed by atoms with E-state index in [9.17, 15) is 18.0 Å². The molecule has 0 spiro atoms. The average Bonchev–Trinajstić information content (AvgIpc) is 2.98. The maximum Gasteiger partial charge on any atom is 0.573 e. The minimum Gasteiger partial charge on any atom is -0.493 e. The van der Waals surface area contributed by atoms with Crippen molar-refractivity contribution >= 4 is 17.3 Å². The molecule has 2 aromatic carbocycles. The fraction of sp³-hybridized carbons (Fsp3) is 0.118. The highest BCUT2D eigenvalue weighted by Gasteiger charge is 2.31. The molecule has 0 radical (unpaired) electrons. The van der Waals surface area contributed by atoms with Crippen molar-refractivity contribution in [1.29, 1.82) is 0 Å². The smallest absolute Gasteiger partial charge is 0.493 e. The maximum atomic E-state index is 12.2. The highest BCUT2D eigenvalue weighted by Crippen LogP contribution is 2.35. The van der Waals surface area contributed by atoms with Crippen LogP contribution < -0.4 is 9.47 Å². The van der Waals surface area contributed by atoms with Gasteiger partial charge >= 0.3 is 6.36 Å². The first-order valence-corrected chi connectivity index (χ1v) is 6.83. The van der Waals surface area contributed by atoms with Gasteiger partial charge in [0.1, 0.15) is 11.5 Å². The number of ether oxygens (including phenoxy) is 2. The van der Waals surface area contributed by atoms with E-state index in [0.29, 0.717) is 39.9 Å². The van der Waals surface area contributed by atoms with Crippen molar-refractivity contribution in [2.75, 3.05) is 7.11 Å². The molecule has 7 heteroatoms. The third-order valence-electron chi connectivity index (χ3n) is 3.40. The molecular weight excluding hydrogens is 325 g/mol. The van der Waals surface area contributed by atoms with Crippen LogP contribution in [0.25, 0.3) is 22.3 Å². The van der Waals surface area contributed by atoms with E-state index in [1.165, 1.54) is 31.4 Å². The van der Waals surface area contributed by atoms with Crippen LogP contribution in [0.5, 0.6) is 11.5 Å². The van der Waals surface area contributed by atoms with Gasteiger partial charge < -0.3 is 13.9 Å². The number of alkyl halides is 3. The van der Waals surface area contributed by atoms with E-state index in [-0.39, 0.29) is 5.75 Å². The fourth-order valence-electron chi connectivity index (χ4n) is 2.35. The Morgan fingerprint density at radius 1 is 1.08 bits per heavy atom. The molecule has 4 nitrogen and oxygen atoms in total. The number of methoxy groups -OCH3 is 1. The summed E-state index contributed by atoms with van der Waals surface area (Å²) in [5, 5.41) is 0.565. The average molecular weight is 336 g/mol. The van der Waals surface area contributed by atoms with Crippen molar-refractivity contribution < 1.29 is 31.9 Å². The molecule has 0 aliphatic carbocycles. The van der Waals surface area contributed by atoms with Gasteiger partial charge in [0.25, 0.3) is 0 Å². The van der Waals surface area contributed by atoms with E-state index in [1.807, 2.05) is 0 Å². The summed E-state index contributed by atoms with van der Waals surface area (Å²) in [7, 11) is 1.47. The minimum absolute atomic E-state index is 0.325. The Balaban J connectivity index is 2.02. The van der Waals surface area contributed by atoms with Crippen molar-refractivity contribution in [1.82, 2.24) is 0 Å². The number of hydrogen-bond acceptors (Lipinski definition) is 4. The number of fused-ring (bicyclic) bond motifs is 1. The zero-order valence-electron chi connectivity index (χ0n) is 12.4. The largest absolute Gasteiger partial charge is 0.573 e. The summed E-state index contributed by atoms with van der Waals surface area (Å²) < 4.78 is 51.3. The van der Waals surface area contributed by atoms with Gasteiger partial charge in [-0.05, 0) is 42.5 Å². The molecule has 0 unspecified atom stereocenters. The van der Waals surface area contributed by atoms with Crippen molar-refractivity contribution in [3.05, 3.63) is 48.0 Å². The van der Waals surface area contributed by atoms with Crippen LogP contribution in [0.1, 0.15) is 10.4 Å². The second kappa shape index (κ2) is 5.92. The normalized spacial score (nSPS) is 11.5. The van der Waals surface area contributed by atoms with Crippen LogP contribution in [0.2, 0.25) is 0 Å². The SMILES string of the molecule is COc1ccc(C=O)c2cc(-c3ccc(OC(F)(F)F)cc3)oc12. The predicted molar refractivity (Wildman–Crippen MR) is 80.3 cm³/mol. The van der Waals surface area contributed by atoms with Crippen molar-refractivity contribution in [3.8, 4) is 22.8 Å². The second-order valence-electron chi connectivity index (χ2n) is 4.90. The van der Waals surface area contributed by atoms with Gasteiger partial charge in [-0.15, -0.1) is 13.2 Å². The van der Waals surface area contributed by atoms with Gasteiger partial charge in [-0.1, -0.05) is 0 Å². The Morgan fingerprint density at radius 3 is 2.38 bits per heavy atom. The lowest BCUT2D eigenvalue weighted by atomic mass is 10.1. The number of furan rings is 1. The van der Waals surface area contributed by atoms with Crippen LogP contribution in [0.4, 0.5) is 13.2 Å². The zero-order valence-corrected chi connectivity index (χ0v) is 12.4. The third kappa shape index (κ3) is 3.05. The highest BCUT2D eigenvalue weighted by molar-refractivity contribution is 6.00. The topological polar surface area (TPSA) is 48.7 Å². The number of benzene rings is 2. The lowest BCUT2D eigenvalue weighted by molar-refractivity contribution is -0.274. The maximum absolute atomic E-state index is 12.2. The standard InChI is InChI=1S/C17H11F3O4/c1-22-14-7-4-11(9-21)13-8-15(23-16(13)14)10-2-5-12(6-3-10)24-17(18,19)20/h2-9H,1H3. The Kier molecular flexibility index (Phi) is 3.92. The van der Waals surface area contributed by atoms with Gasteiger partial charge in [-0.3, -0.25) is 4.79 Å². The van der Waals surface area contributed by atoms with Gasteiger partial charge in [0.2, 0.25) is 0 Å². The molecule has 0 aliphatic rings. The van der Waals surface area contributed by atoms with Gasteiger partial charge in [0, 0.05) is 16.5 Å². The Bertz CT molecular complexity index is 879. The van der Waals surface area contributed by atoms with E-state index >= 15 is 0 Å². The molecule has 0 amide bonds. The Hall–Kier alpha value is -2.96. The molecular formula is C17H11F3O4. The number of aldehydes is 1. The summed E-state index contributed by atoms with van der Waals surface area (Å²) >= 11 is 0. The molecule has 0 bridgehead atoms. The van der Waals surface area contributed by atoms with E-state index < -0.39 is 6.36 Å². The molecule has 24 heavy (non-hydrogen) atoms. The Labute approximate surface area is 134 Å². The first-order chi connectivity index (χ1) is 11.4. The van der Waals surface area contributed by atoms with Crippen molar-refractivity contribution in [2.24, 2.45) is 0 Å². The summed E-state index contributed by atoms with van der Waals surface area (Å²) in [6.07, 6.45) is -4.05. The molecule has 3 aromatic rings. The van der Waals surface area contributed by atoms with Crippen LogP contribution >= 0.6 is 0 Å². The molecule has 0 aliphatic heterocycles. The van der Waals surface area contributed by atoms with Crippen LogP contribution in [0, 0.1) is 0 Å². The number of carbonyl (C=O) groups is 1. The van der Waals surface area contributed by atoms with E-state index in [2.05, 4.69) is 4.74 Å². The summed E-state index contributed by atoms with van der Waals surface area (Å²) in [6, 6.07) is 10.1. The first-order valence-electron chi connectivity index (χ1n) is 6.83. The number of carbonyl (C=O) groups excluding carboxylic acids is 1. The highest BCUT2D eigenvalue weighted by atomic mass is 19.4. The third-order valence-corrected chi connectivity index (χ3v) is 3.40. The lowest BCUT2D eigenvalue weighted by Gasteiger charge is -2.08. The van der Waals surface area contributed by atoms with Crippen molar-refractivity contribution in [3.63, 3.8) is 0 Å². The lowest BCUT2D eigenvalue weighted by Crippen LogP contribution is -2.16. The van der Waals surface area contributed by atoms with Crippen LogP contribution in [-0.2, 0) is 0 Å². The van der Waals surface area contributed by atoms with E-state index in [0.717, 1.165) is 0 Å². The van der Waals surface area contributed by atoms with Crippen LogP contribution in [-0.4, -0.2) is 19.8 Å². The monoisotopic (exact) mass is 336 g/mol. The zero-order chi connectivity index (χ0) is 17.3. The minimum atomic E-state index is -4.74. The van der Waals surface area contributed by atoms with E-state index in [1.54, 1.807) is 18.2 Å². The number of rotatable bonds is 4. The number of halogens is 3. The van der Waals surface area contributed by atoms with E-state index in [4.69, 9.17) is 9.15 Å². The molecule has 0 saturated heterocycles. The van der Waals surface area contributed by atoms with Gasteiger partial charge in [-0.25, -0.2) is 0 Å². The summed E-state index contributed by atoms with van der Waals surface area (Å²) in [5.41, 5.74) is 1.37. The second-order valence-corrected chi connectivity index (χ2v) is 4.90.